The molecular formula is C18H29NO2. The summed E-state index contributed by atoms with van der Waals surface area (Å²) >= 11 is 0. The van der Waals surface area contributed by atoms with Crippen molar-refractivity contribution in [3.8, 4) is 0 Å². The molecule has 1 aromatic rings. The Hall–Kier alpha value is -1.51. The second-order valence-electron chi connectivity index (χ2n) is 5.50. The number of rotatable bonds is 11. The van der Waals surface area contributed by atoms with E-state index in [1.54, 1.807) is 0 Å². The normalized spacial score (nSPS) is 11.9. The van der Waals surface area contributed by atoms with Gasteiger partial charge in [0.15, 0.2) is 0 Å². The predicted octanol–water partition coefficient (Wildman–Crippen LogP) is 4.64. The molecule has 0 saturated carbocycles. The summed E-state index contributed by atoms with van der Waals surface area (Å²) in [6.07, 6.45) is 5.97. The summed E-state index contributed by atoms with van der Waals surface area (Å²) in [6.45, 7) is 5.74. The first-order valence-electron chi connectivity index (χ1n) is 8.20. The van der Waals surface area contributed by atoms with Crippen LogP contribution in [0.3, 0.4) is 0 Å². The third-order valence-electron chi connectivity index (χ3n) is 3.68. The van der Waals surface area contributed by atoms with Gasteiger partial charge in [-0.15, -0.1) is 0 Å². The molecule has 0 bridgehead atoms. The minimum Gasteiger partial charge on any atom is -0.465 e. The van der Waals surface area contributed by atoms with Gasteiger partial charge in [0.05, 0.1) is 6.61 Å². The zero-order valence-corrected chi connectivity index (χ0v) is 13.4. The van der Waals surface area contributed by atoms with E-state index in [4.69, 9.17) is 4.74 Å². The quantitative estimate of drug-likeness (QED) is 0.477. The Morgan fingerprint density at radius 3 is 2.62 bits per heavy atom. The van der Waals surface area contributed by atoms with E-state index in [1.165, 1.54) is 12.8 Å². The Bertz CT molecular complexity index is 378. The molecule has 118 valence electrons. The van der Waals surface area contributed by atoms with Crippen molar-refractivity contribution >= 4 is 11.7 Å². The van der Waals surface area contributed by atoms with Gasteiger partial charge < -0.3 is 10.1 Å². The molecule has 1 atom stereocenters. The molecule has 1 aromatic carbocycles. The van der Waals surface area contributed by atoms with E-state index in [-0.39, 0.29) is 5.97 Å². The third-order valence-corrected chi connectivity index (χ3v) is 3.68. The van der Waals surface area contributed by atoms with Crippen LogP contribution in [-0.4, -0.2) is 19.1 Å². The van der Waals surface area contributed by atoms with E-state index in [0.717, 1.165) is 31.5 Å². The summed E-state index contributed by atoms with van der Waals surface area (Å²) < 4.78 is 5.38. The first-order chi connectivity index (χ1) is 10.3. The van der Waals surface area contributed by atoms with Gasteiger partial charge in [-0.1, -0.05) is 51.3 Å². The summed E-state index contributed by atoms with van der Waals surface area (Å²) in [4.78, 5) is 11.7. The second-order valence-corrected chi connectivity index (χ2v) is 5.50. The van der Waals surface area contributed by atoms with E-state index >= 15 is 0 Å². The lowest BCUT2D eigenvalue weighted by Gasteiger charge is -2.14. The highest BCUT2D eigenvalue weighted by molar-refractivity contribution is 5.69. The Labute approximate surface area is 129 Å². The van der Waals surface area contributed by atoms with E-state index in [0.29, 0.717) is 18.9 Å². The van der Waals surface area contributed by atoms with Gasteiger partial charge in [0.1, 0.15) is 0 Å². The van der Waals surface area contributed by atoms with E-state index in [1.807, 2.05) is 30.3 Å². The average molecular weight is 291 g/mol. The van der Waals surface area contributed by atoms with Crippen LogP contribution in [0.15, 0.2) is 30.3 Å². The Kier molecular flexibility index (Phi) is 9.34. The topological polar surface area (TPSA) is 38.3 Å². The first-order valence-corrected chi connectivity index (χ1v) is 8.20. The Morgan fingerprint density at radius 2 is 1.95 bits per heavy atom. The molecule has 0 fully saturated rings. The monoisotopic (exact) mass is 291 g/mol. The highest BCUT2D eigenvalue weighted by Gasteiger charge is 2.09. The summed E-state index contributed by atoms with van der Waals surface area (Å²) in [5.74, 6) is 0.455. The number of anilines is 1. The minimum absolute atomic E-state index is 0.0696. The molecule has 0 aliphatic heterocycles. The summed E-state index contributed by atoms with van der Waals surface area (Å²) in [6, 6.07) is 10.0. The van der Waals surface area contributed by atoms with E-state index < -0.39 is 0 Å². The van der Waals surface area contributed by atoms with Crippen molar-refractivity contribution in [2.75, 3.05) is 18.5 Å². The SMILES string of the molecule is CCCCC(CC)COC(=O)CCCNc1ccccc1. The van der Waals surface area contributed by atoms with Crippen LogP contribution in [0, 0.1) is 5.92 Å². The van der Waals surface area contributed by atoms with Crippen molar-refractivity contribution in [1.29, 1.82) is 0 Å². The number of esters is 1. The molecule has 0 aromatic heterocycles. The number of nitrogens with one attached hydrogen (secondary N) is 1. The van der Waals surface area contributed by atoms with Crippen molar-refractivity contribution in [3.63, 3.8) is 0 Å². The summed E-state index contributed by atoms with van der Waals surface area (Å²) in [5, 5.41) is 3.30. The molecule has 3 heteroatoms. The highest BCUT2D eigenvalue weighted by atomic mass is 16.5. The fourth-order valence-corrected chi connectivity index (χ4v) is 2.20. The van der Waals surface area contributed by atoms with Crippen molar-refractivity contribution in [2.45, 2.75) is 52.4 Å². The van der Waals surface area contributed by atoms with Crippen LogP contribution in [0.1, 0.15) is 52.4 Å². The molecule has 0 aliphatic carbocycles. The van der Waals surface area contributed by atoms with Crippen molar-refractivity contribution in [1.82, 2.24) is 0 Å². The van der Waals surface area contributed by atoms with Gasteiger partial charge in [-0.2, -0.15) is 0 Å². The number of benzene rings is 1. The maximum Gasteiger partial charge on any atom is 0.305 e. The van der Waals surface area contributed by atoms with Gasteiger partial charge in [-0.3, -0.25) is 4.79 Å². The van der Waals surface area contributed by atoms with E-state index in [9.17, 15) is 4.79 Å². The number of ether oxygens (including phenoxy) is 1. The fraction of sp³-hybridized carbons (Fsp3) is 0.611. The van der Waals surface area contributed by atoms with Crippen LogP contribution >= 0.6 is 0 Å². The van der Waals surface area contributed by atoms with Crippen molar-refractivity contribution in [3.05, 3.63) is 30.3 Å². The Balaban J connectivity index is 2.08. The molecule has 21 heavy (non-hydrogen) atoms. The molecule has 0 radical (unpaired) electrons. The molecule has 0 spiro atoms. The molecule has 1 rings (SSSR count). The van der Waals surface area contributed by atoms with Gasteiger partial charge >= 0.3 is 5.97 Å². The zero-order chi connectivity index (χ0) is 15.3. The third kappa shape index (κ3) is 8.38. The number of carbonyl (C=O) groups excluding carboxylic acids is 1. The standard InChI is InChI=1S/C18H29NO2/c1-3-5-10-16(4-2)15-21-18(20)13-9-14-19-17-11-7-6-8-12-17/h6-8,11-12,16,19H,3-5,9-10,13-15H2,1-2H3. The predicted molar refractivity (Wildman–Crippen MR) is 88.4 cm³/mol. The minimum atomic E-state index is -0.0696. The lowest BCUT2D eigenvalue weighted by Crippen LogP contribution is -2.14. The smallest absolute Gasteiger partial charge is 0.305 e. The van der Waals surface area contributed by atoms with Crippen LogP contribution in [-0.2, 0) is 9.53 Å². The van der Waals surface area contributed by atoms with Crippen LogP contribution in [0.5, 0.6) is 0 Å². The van der Waals surface area contributed by atoms with Gasteiger partial charge in [0.2, 0.25) is 0 Å². The molecule has 1 N–H and O–H groups in total. The lowest BCUT2D eigenvalue weighted by molar-refractivity contribution is -0.145. The van der Waals surface area contributed by atoms with Gasteiger partial charge in [-0.05, 0) is 30.9 Å². The first kappa shape index (κ1) is 17.5. The number of unbranched alkanes of at least 4 members (excludes halogenated alkanes) is 1. The molecule has 0 amide bonds. The van der Waals surface area contributed by atoms with Crippen molar-refractivity contribution in [2.24, 2.45) is 5.92 Å². The number of para-hydroxylation sites is 1. The van der Waals surface area contributed by atoms with E-state index in [2.05, 4.69) is 19.2 Å². The molecule has 0 heterocycles. The number of hydrogen-bond donors (Lipinski definition) is 1. The van der Waals surface area contributed by atoms with Crippen LogP contribution in [0.4, 0.5) is 5.69 Å². The highest BCUT2D eigenvalue weighted by Crippen LogP contribution is 2.13. The molecular weight excluding hydrogens is 262 g/mol. The van der Waals surface area contributed by atoms with Crippen molar-refractivity contribution < 1.29 is 9.53 Å². The van der Waals surface area contributed by atoms with Crippen LogP contribution in [0.2, 0.25) is 0 Å². The number of carbonyl (C=O) groups is 1. The largest absolute Gasteiger partial charge is 0.465 e. The second kappa shape index (κ2) is 11.2. The fourth-order valence-electron chi connectivity index (χ4n) is 2.20. The lowest BCUT2D eigenvalue weighted by atomic mass is 10.0. The maximum absolute atomic E-state index is 11.7. The zero-order valence-electron chi connectivity index (χ0n) is 13.4. The molecule has 0 aliphatic rings. The average Bonchev–Trinajstić information content (AvgIpc) is 2.53. The van der Waals surface area contributed by atoms with Crippen LogP contribution < -0.4 is 5.32 Å². The Morgan fingerprint density at radius 1 is 1.19 bits per heavy atom. The van der Waals surface area contributed by atoms with Gasteiger partial charge in [0.25, 0.3) is 0 Å². The molecule has 1 unspecified atom stereocenters. The van der Waals surface area contributed by atoms with Gasteiger partial charge in [-0.25, -0.2) is 0 Å². The maximum atomic E-state index is 11.7. The summed E-state index contributed by atoms with van der Waals surface area (Å²) in [5.41, 5.74) is 1.09. The molecule has 3 nitrogen and oxygen atoms in total. The van der Waals surface area contributed by atoms with Gasteiger partial charge in [0, 0.05) is 18.7 Å². The molecule has 0 saturated heterocycles. The summed E-state index contributed by atoms with van der Waals surface area (Å²) in [7, 11) is 0. The number of hydrogen-bond acceptors (Lipinski definition) is 3. The van der Waals surface area contributed by atoms with Crippen LogP contribution in [0.25, 0.3) is 0 Å².